The summed E-state index contributed by atoms with van der Waals surface area (Å²) in [6.45, 7) is 14.2. The predicted molar refractivity (Wildman–Crippen MR) is 116 cm³/mol. The number of rotatable bonds is 9. The van der Waals surface area contributed by atoms with Crippen molar-refractivity contribution in [3.05, 3.63) is 18.3 Å². The van der Waals surface area contributed by atoms with Gasteiger partial charge in [0, 0.05) is 31.4 Å². The monoisotopic (exact) mass is 441 g/mol. The Balaban J connectivity index is 2.37. The number of nitrogens with zero attached hydrogens (tertiary/aromatic N) is 5. The molecule has 0 bridgehead atoms. The number of aromatic nitrogens is 3. The SMILES string of the molecule is CCN(CC)S(=O)(=O)c1ccc2nnc(SC(C)C(=O)N(C(C)C)C(C)C)n2c1. The number of hydrogen-bond donors (Lipinski definition) is 0. The number of carbonyl (C=O) groups excluding carboxylic acids is 1. The number of fused-ring (bicyclic) bond motifs is 1. The van der Waals surface area contributed by atoms with E-state index in [1.54, 1.807) is 16.5 Å². The van der Waals surface area contributed by atoms with Gasteiger partial charge in [0.1, 0.15) is 0 Å². The van der Waals surface area contributed by atoms with Gasteiger partial charge in [-0.05, 0) is 46.8 Å². The molecule has 0 saturated heterocycles. The summed E-state index contributed by atoms with van der Waals surface area (Å²) < 4.78 is 28.7. The molecule has 0 aliphatic carbocycles. The highest BCUT2D eigenvalue weighted by molar-refractivity contribution is 8.00. The van der Waals surface area contributed by atoms with Gasteiger partial charge in [0.15, 0.2) is 10.8 Å². The van der Waals surface area contributed by atoms with E-state index in [-0.39, 0.29) is 28.1 Å². The van der Waals surface area contributed by atoms with Gasteiger partial charge in [-0.3, -0.25) is 9.20 Å². The molecule has 10 heteroatoms. The molecule has 0 N–H and O–H groups in total. The normalized spacial score (nSPS) is 13.6. The van der Waals surface area contributed by atoms with Gasteiger partial charge in [-0.1, -0.05) is 25.6 Å². The lowest BCUT2D eigenvalue weighted by Gasteiger charge is -2.32. The fourth-order valence-electron chi connectivity index (χ4n) is 3.32. The molecule has 2 rings (SSSR count). The molecule has 8 nitrogen and oxygen atoms in total. The Kier molecular flexibility index (Phi) is 7.69. The first-order valence-corrected chi connectivity index (χ1v) is 12.2. The second-order valence-electron chi connectivity index (χ2n) is 7.36. The third-order valence-corrected chi connectivity index (χ3v) is 7.76. The smallest absolute Gasteiger partial charge is 0.244 e. The first-order valence-electron chi connectivity index (χ1n) is 9.88. The van der Waals surface area contributed by atoms with Crippen LogP contribution >= 0.6 is 11.8 Å². The number of thioether (sulfide) groups is 1. The Morgan fingerprint density at radius 2 is 1.66 bits per heavy atom. The number of carbonyl (C=O) groups is 1. The van der Waals surface area contributed by atoms with E-state index in [1.165, 1.54) is 22.3 Å². The number of pyridine rings is 1. The van der Waals surface area contributed by atoms with Crippen LogP contribution in [0.3, 0.4) is 0 Å². The van der Waals surface area contributed by atoms with Gasteiger partial charge in [-0.2, -0.15) is 4.31 Å². The maximum atomic E-state index is 12.9. The lowest BCUT2D eigenvalue weighted by atomic mass is 10.2. The Bertz CT molecular complexity index is 944. The summed E-state index contributed by atoms with van der Waals surface area (Å²) in [6.07, 6.45) is 1.53. The molecule has 0 radical (unpaired) electrons. The molecule has 1 unspecified atom stereocenters. The third kappa shape index (κ3) is 4.92. The van der Waals surface area contributed by atoms with Crippen molar-refractivity contribution < 1.29 is 13.2 Å². The maximum absolute atomic E-state index is 12.9. The summed E-state index contributed by atoms with van der Waals surface area (Å²) in [5, 5.41) is 8.40. The van der Waals surface area contributed by atoms with Crippen molar-refractivity contribution in [2.24, 2.45) is 0 Å². The highest BCUT2D eigenvalue weighted by Crippen LogP contribution is 2.26. The summed E-state index contributed by atoms with van der Waals surface area (Å²) in [6, 6.07) is 3.35. The summed E-state index contributed by atoms with van der Waals surface area (Å²) >= 11 is 1.28. The van der Waals surface area contributed by atoms with E-state index >= 15 is 0 Å². The van der Waals surface area contributed by atoms with E-state index in [2.05, 4.69) is 10.2 Å². The second kappa shape index (κ2) is 9.44. The molecular formula is C19H31N5O3S2. The standard InChI is InChI=1S/C19H31N5O3S2/c1-8-22(9-2)29(26,27)16-10-11-17-20-21-19(23(17)12-16)28-15(7)18(25)24(13(3)4)14(5)6/h10-15H,8-9H2,1-7H3. The number of hydrogen-bond acceptors (Lipinski definition) is 6. The molecule has 0 aliphatic heterocycles. The molecule has 1 atom stereocenters. The van der Waals surface area contributed by atoms with E-state index in [4.69, 9.17) is 0 Å². The fraction of sp³-hybridized carbons (Fsp3) is 0.632. The largest absolute Gasteiger partial charge is 0.337 e. The van der Waals surface area contributed by atoms with E-state index in [0.717, 1.165) is 0 Å². The molecule has 0 spiro atoms. The topological polar surface area (TPSA) is 87.9 Å². The zero-order valence-corrected chi connectivity index (χ0v) is 19.8. The van der Waals surface area contributed by atoms with Crippen LogP contribution in [0.25, 0.3) is 5.65 Å². The minimum atomic E-state index is -3.60. The van der Waals surface area contributed by atoms with Gasteiger partial charge in [-0.15, -0.1) is 10.2 Å². The zero-order chi connectivity index (χ0) is 21.9. The van der Waals surface area contributed by atoms with Crippen LogP contribution in [-0.2, 0) is 14.8 Å². The van der Waals surface area contributed by atoms with Crippen molar-refractivity contribution in [3.8, 4) is 0 Å². The minimum absolute atomic E-state index is 0.0173. The van der Waals surface area contributed by atoms with Crippen LogP contribution in [0.1, 0.15) is 48.5 Å². The summed E-state index contributed by atoms with van der Waals surface area (Å²) in [7, 11) is -3.60. The van der Waals surface area contributed by atoms with E-state index in [0.29, 0.717) is 23.9 Å². The predicted octanol–water partition coefficient (Wildman–Crippen LogP) is 2.89. The molecule has 29 heavy (non-hydrogen) atoms. The van der Waals surface area contributed by atoms with E-state index in [9.17, 15) is 13.2 Å². The van der Waals surface area contributed by atoms with Crippen molar-refractivity contribution in [3.63, 3.8) is 0 Å². The average Bonchev–Trinajstić information content (AvgIpc) is 3.04. The van der Waals surface area contributed by atoms with Crippen molar-refractivity contribution in [1.82, 2.24) is 23.8 Å². The highest BCUT2D eigenvalue weighted by atomic mass is 32.2. The molecule has 2 aromatic rings. The van der Waals surface area contributed by atoms with Crippen molar-refractivity contribution in [2.45, 2.75) is 75.9 Å². The van der Waals surface area contributed by atoms with Crippen LogP contribution in [-0.4, -0.2) is 68.6 Å². The molecule has 162 valence electrons. The zero-order valence-electron chi connectivity index (χ0n) is 18.2. The first kappa shape index (κ1) is 23.6. The van der Waals surface area contributed by atoms with Crippen LogP contribution < -0.4 is 0 Å². The maximum Gasteiger partial charge on any atom is 0.244 e. The van der Waals surface area contributed by atoms with Crippen molar-refractivity contribution in [1.29, 1.82) is 0 Å². The summed E-state index contributed by atoms with van der Waals surface area (Å²) in [5.41, 5.74) is 0.537. The lowest BCUT2D eigenvalue weighted by molar-refractivity contribution is -0.133. The fourth-order valence-corrected chi connectivity index (χ4v) is 5.66. The summed E-state index contributed by atoms with van der Waals surface area (Å²) in [4.78, 5) is 15.0. The molecule has 0 aliphatic rings. The van der Waals surface area contributed by atoms with Crippen molar-refractivity contribution in [2.75, 3.05) is 13.1 Å². The molecule has 0 aromatic carbocycles. The van der Waals surface area contributed by atoms with Crippen LogP contribution in [0, 0.1) is 0 Å². The Morgan fingerprint density at radius 3 is 2.17 bits per heavy atom. The van der Waals surface area contributed by atoms with Crippen LogP contribution in [0.15, 0.2) is 28.4 Å². The Labute approximate surface area is 177 Å². The molecular weight excluding hydrogens is 410 g/mol. The summed E-state index contributed by atoms with van der Waals surface area (Å²) in [5.74, 6) is 0.0173. The van der Waals surface area contributed by atoms with Gasteiger partial charge < -0.3 is 4.90 Å². The van der Waals surface area contributed by atoms with Crippen LogP contribution in [0.4, 0.5) is 0 Å². The molecule has 2 heterocycles. The van der Waals surface area contributed by atoms with Gasteiger partial charge in [0.05, 0.1) is 10.1 Å². The quantitative estimate of drug-likeness (QED) is 0.556. The number of sulfonamides is 1. The molecule has 1 amide bonds. The van der Waals surface area contributed by atoms with Gasteiger partial charge in [0.2, 0.25) is 15.9 Å². The van der Waals surface area contributed by atoms with E-state index in [1.807, 2.05) is 53.4 Å². The minimum Gasteiger partial charge on any atom is -0.337 e. The lowest BCUT2D eigenvalue weighted by Crippen LogP contribution is -2.45. The van der Waals surface area contributed by atoms with Crippen molar-refractivity contribution >= 4 is 33.3 Å². The highest BCUT2D eigenvalue weighted by Gasteiger charge is 2.28. The third-order valence-electron chi connectivity index (χ3n) is 4.68. The molecule has 0 saturated carbocycles. The van der Waals surface area contributed by atoms with E-state index < -0.39 is 10.0 Å². The Hall–Kier alpha value is -1.65. The van der Waals surface area contributed by atoms with Crippen LogP contribution in [0.5, 0.6) is 0 Å². The first-order chi connectivity index (χ1) is 13.5. The Morgan fingerprint density at radius 1 is 1.07 bits per heavy atom. The van der Waals surface area contributed by atoms with Crippen LogP contribution in [0.2, 0.25) is 0 Å². The van der Waals surface area contributed by atoms with Gasteiger partial charge >= 0.3 is 0 Å². The molecule has 0 fully saturated rings. The van der Waals surface area contributed by atoms with Gasteiger partial charge in [0.25, 0.3) is 0 Å². The second-order valence-corrected chi connectivity index (χ2v) is 10.6. The average molecular weight is 442 g/mol. The molecule has 2 aromatic heterocycles. The number of amides is 1. The van der Waals surface area contributed by atoms with Gasteiger partial charge in [-0.25, -0.2) is 8.42 Å².